The molecule has 27 heavy (non-hydrogen) atoms. The second-order valence-electron chi connectivity index (χ2n) is 5.82. The van der Waals surface area contributed by atoms with Gasteiger partial charge < -0.3 is 9.88 Å². The zero-order valence-electron chi connectivity index (χ0n) is 14.8. The third-order valence-electron chi connectivity index (χ3n) is 3.88. The molecule has 0 spiro atoms. The fourth-order valence-corrected chi connectivity index (χ4v) is 3.72. The molecule has 2 aromatic carbocycles. The summed E-state index contributed by atoms with van der Waals surface area (Å²) >= 11 is 13.3. The predicted octanol–water partition coefficient (Wildman–Crippen LogP) is 5.39. The van der Waals surface area contributed by atoms with Gasteiger partial charge in [0.2, 0.25) is 5.91 Å². The van der Waals surface area contributed by atoms with Crippen molar-refractivity contribution in [3.8, 4) is 11.4 Å². The van der Waals surface area contributed by atoms with Crippen LogP contribution in [0.25, 0.3) is 11.4 Å². The Morgan fingerprint density at radius 3 is 2.56 bits per heavy atom. The van der Waals surface area contributed by atoms with Gasteiger partial charge >= 0.3 is 0 Å². The van der Waals surface area contributed by atoms with Gasteiger partial charge in [-0.15, -0.1) is 10.2 Å². The Bertz CT molecular complexity index is 943. The van der Waals surface area contributed by atoms with Gasteiger partial charge in [-0.3, -0.25) is 4.79 Å². The van der Waals surface area contributed by atoms with Gasteiger partial charge in [0, 0.05) is 27.8 Å². The Balaban J connectivity index is 1.75. The van der Waals surface area contributed by atoms with Gasteiger partial charge in [-0.1, -0.05) is 41.0 Å². The molecule has 0 saturated carbocycles. The minimum atomic E-state index is -0.350. The number of nitrogens with one attached hydrogen (secondary N) is 1. The fraction of sp³-hybridized carbons (Fsp3) is 0.211. The van der Waals surface area contributed by atoms with Crippen LogP contribution in [0.4, 0.5) is 5.69 Å². The van der Waals surface area contributed by atoms with Crippen LogP contribution in [0, 0.1) is 0 Å². The van der Waals surface area contributed by atoms with Crippen molar-refractivity contribution in [1.29, 1.82) is 0 Å². The summed E-state index contributed by atoms with van der Waals surface area (Å²) in [5, 5.41) is 13.0. The van der Waals surface area contributed by atoms with E-state index in [9.17, 15) is 4.79 Å². The predicted molar refractivity (Wildman–Crippen MR) is 112 cm³/mol. The van der Waals surface area contributed by atoms with Gasteiger partial charge in [-0.2, -0.15) is 0 Å². The Labute approximate surface area is 172 Å². The standard InChI is InChI=1S/C19H18Cl2N4OS/c1-3-25-17(13-7-9-14(20)10-8-13)23-24-19(25)27-12(2)18(26)22-16-6-4-5-15(21)11-16/h4-12H,3H2,1-2H3,(H,22,26). The summed E-state index contributed by atoms with van der Waals surface area (Å²) < 4.78 is 1.98. The average molecular weight is 421 g/mol. The maximum absolute atomic E-state index is 12.5. The summed E-state index contributed by atoms with van der Waals surface area (Å²) in [6.45, 7) is 4.54. The first-order chi connectivity index (χ1) is 13.0. The lowest BCUT2D eigenvalue weighted by molar-refractivity contribution is -0.115. The normalized spacial score (nSPS) is 12.0. The monoisotopic (exact) mass is 420 g/mol. The molecule has 1 amide bonds. The summed E-state index contributed by atoms with van der Waals surface area (Å²) in [4.78, 5) is 12.5. The Hall–Kier alpha value is -2.02. The number of rotatable bonds is 6. The first-order valence-corrected chi connectivity index (χ1v) is 10.0. The number of aromatic nitrogens is 3. The molecule has 1 aromatic heterocycles. The first-order valence-electron chi connectivity index (χ1n) is 8.40. The number of halogens is 2. The van der Waals surface area contributed by atoms with Crippen LogP contribution >= 0.6 is 35.0 Å². The highest BCUT2D eigenvalue weighted by atomic mass is 35.5. The van der Waals surface area contributed by atoms with Crippen LogP contribution in [0.2, 0.25) is 10.0 Å². The molecule has 0 bridgehead atoms. The van der Waals surface area contributed by atoms with Crippen molar-refractivity contribution in [3.05, 3.63) is 58.6 Å². The SMILES string of the molecule is CCn1c(SC(C)C(=O)Nc2cccc(Cl)c2)nnc1-c1ccc(Cl)cc1. The molecule has 0 fully saturated rings. The van der Waals surface area contributed by atoms with Crippen LogP contribution < -0.4 is 5.32 Å². The Morgan fingerprint density at radius 2 is 1.89 bits per heavy atom. The number of thioether (sulfide) groups is 1. The third-order valence-corrected chi connectivity index (χ3v) is 5.45. The molecule has 3 rings (SSSR count). The number of carbonyl (C=O) groups excluding carboxylic acids is 1. The van der Waals surface area contributed by atoms with Crippen molar-refractivity contribution in [1.82, 2.24) is 14.8 Å². The highest BCUT2D eigenvalue weighted by molar-refractivity contribution is 8.00. The van der Waals surface area contributed by atoms with Crippen molar-refractivity contribution >= 4 is 46.6 Å². The largest absolute Gasteiger partial charge is 0.325 e. The number of carbonyl (C=O) groups is 1. The maximum atomic E-state index is 12.5. The summed E-state index contributed by atoms with van der Waals surface area (Å²) in [7, 11) is 0. The molecule has 0 aliphatic heterocycles. The van der Waals surface area contributed by atoms with E-state index in [1.807, 2.05) is 42.7 Å². The molecule has 1 heterocycles. The Kier molecular flexibility index (Phi) is 6.42. The molecule has 8 heteroatoms. The molecule has 0 aliphatic carbocycles. The van der Waals surface area contributed by atoms with Crippen LogP contribution in [0.15, 0.2) is 53.7 Å². The van der Waals surface area contributed by atoms with E-state index in [2.05, 4.69) is 15.5 Å². The molecule has 1 unspecified atom stereocenters. The quantitative estimate of drug-likeness (QED) is 0.542. The number of hydrogen-bond donors (Lipinski definition) is 1. The first kappa shape index (κ1) is 19.7. The van der Waals surface area contributed by atoms with E-state index < -0.39 is 0 Å². The third kappa shape index (κ3) is 4.83. The van der Waals surface area contributed by atoms with Crippen LogP contribution in [-0.4, -0.2) is 25.9 Å². The molecule has 140 valence electrons. The van der Waals surface area contributed by atoms with E-state index in [0.717, 1.165) is 11.4 Å². The van der Waals surface area contributed by atoms with Gasteiger partial charge in [0.25, 0.3) is 0 Å². The van der Waals surface area contributed by atoms with Crippen molar-refractivity contribution in [2.24, 2.45) is 0 Å². The van der Waals surface area contributed by atoms with E-state index in [1.165, 1.54) is 11.8 Å². The zero-order chi connectivity index (χ0) is 19.4. The fourth-order valence-electron chi connectivity index (χ4n) is 2.50. The van der Waals surface area contributed by atoms with E-state index in [1.54, 1.807) is 24.3 Å². The molecule has 5 nitrogen and oxygen atoms in total. The minimum absolute atomic E-state index is 0.124. The molecule has 3 aromatic rings. The van der Waals surface area contributed by atoms with Gasteiger partial charge in [0.15, 0.2) is 11.0 Å². The summed E-state index contributed by atoms with van der Waals surface area (Å²) in [5.41, 5.74) is 1.59. The van der Waals surface area contributed by atoms with Gasteiger partial charge in [0.1, 0.15) is 0 Å². The second-order valence-corrected chi connectivity index (χ2v) is 8.00. The van der Waals surface area contributed by atoms with Crippen LogP contribution in [0.5, 0.6) is 0 Å². The van der Waals surface area contributed by atoms with Crippen molar-refractivity contribution in [2.45, 2.75) is 30.8 Å². The van der Waals surface area contributed by atoms with Gasteiger partial charge in [-0.05, 0) is 56.3 Å². The number of nitrogens with zero attached hydrogens (tertiary/aromatic N) is 3. The van der Waals surface area contributed by atoms with E-state index >= 15 is 0 Å². The number of benzene rings is 2. The van der Waals surface area contributed by atoms with Crippen LogP contribution in [0.3, 0.4) is 0 Å². The summed E-state index contributed by atoms with van der Waals surface area (Å²) in [6, 6.07) is 14.5. The lowest BCUT2D eigenvalue weighted by Gasteiger charge is -2.13. The second kappa shape index (κ2) is 8.78. The van der Waals surface area contributed by atoms with Crippen LogP contribution in [0.1, 0.15) is 13.8 Å². The number of amides is 1. The molecule has 1 N–H and O–H groups in total. The Morgan fingerprint density at radius 1 is 1.15 bits per heavy atom. The molecule has 0 radical (unpaired) electrons. The smallest absolute Gasteiger partial charge is 0.237 e. The zero-order valence-corrected chi connectivity index (χ0v) is 17.1. The van der Waals surface area contributed by atoms with Crippen molar-refractivity contribution in [2.75, 3.05) is 5.32 Å². The van der Waals surface area contributed by atoms with Crippen molar-refractivity contribution < 1.29 is 4.79 Å². The van der Waals surface area contributed by atoms with Crippen molar-refractivity contribution in [3.63, 3.8) is 0 Å². The highest BCUT2D eigenvalue weighted by Crippen LogP contribution is 2.28. The lowest BCUT2D eigenvalue weighted by atomic mass is 10.2. The number of anilines is 1. The molecular formula is C19H18Cl2N4OS. The summed E-state index contributed by atoms with van der Waals surface area (Å²) in [5.74, 6) is 0.625. The van der Waals surface area contributed by atoms with E-state index in [0.29, 0.717) is 27.4 Å². The molecule has 1 atom stereocenters. The maximum Gasteiger partial charge on any atom is 0.237 e. The molecular weight excluding hydrogens is 403 g/mol. The topological polar surface area (TPSA) is 59.8 Å². The highest BCUT2D eigenvalue weighted by Gasteiger charge is 2.20. The molecule has 0 saturated heterocycles. The van der Waals surface area contributed by atoms with Gasteiger partial charge in [0.05, 0.1) is 5.25 Å². The van der Waals surface area contributed by atoms with Gasteiger partial charge in [-0.25, -0.2) is 0 Å². The van der Waals surface area contributed by atoms with E-state index in [-0.39, 0.29) is 11.2 Å². The summed E-state index contributed by atoms with van der Waals surface area (Å²) in [6.07, 6.45) is 0. The van der Waals surface area contributed by atoms with E-state index in [4.69, 9.17) is 23.2 Å². The number of hydrogen-bond acceptors (Lipinski definition) is 4. The molecule has 0 aliphatic rings. The van der Waals surface area contributed by atoms with Crippen LogP contribution in [-0.2, 0) is 11.3 Å². The lowest BCUT2D eigenvalue weighted by Crippen LogP contribution is -2.22. The minimum Gasteiger partial charge on any atom is -0.325 e. The average Bonchev–Trinajstić information content (AvgIpc) is 3.04.